The van der Waals surface area contributed by atoms with Crippen LogP contribution in [0.2, 0.25) is 0 Å². The van der Waals surface area contributed by atoms with Gasteiger partial charge in [-0.05, 0) is 35.5 Å². The predicted octanol–water partition coefficient (Wildman–Crippen LogP) is 3.95. The summed E-state index contributed by atoms with van der Waals surface area (Å²) in [4.78, 5) is 23.6. The highest BCUT2D eigenvalue weighted by molar-refractivity contribution is 8.18. The van der Waals surface area contributed by atoms with E-state index in [9.17, 15) is 4.79 Å². The van der Waals surface area contributed by atoms with Crippen molar-refractivity contribution in [1.82, 2.24) is 9.88 Å². The summed E-state index contributed by atoms with van der Waals surface area (Å²) >= 11 is 2.74. The Hall–Kier alpha value is -2.58. The lowest BCUT2D eigenvalue weighted by molar-refractivity contribution is -0.121. The Labute approximate surface area is 159 Å². The van der Waals surface area contributed by atoms with E-state index in [2.05, 4.69) is 16.6 Å². The van der Waals surface area contributed by atoms with Gasteiger partial charge in [-0.2, -0.15) is 4.99 Å². The van der Waals surface area contributed by atoms with Gasteiger partial charge in [0.2, 0.25) is 5.13 Å². The van der Waals surface area contributed by atoms with E-state index in [1.54, 1.807) is 37.5 Å². The van der Waals surface area contributed by atoms with E-state index in [4.69, 9.17) is 9.47 Å². The van der Waals surface area contributed by atoms with Gasteiger partial charge in [0, 0.05) is 18.1 Å². The van der Waals surface area contributed by atoms with Crippen molar-refractivity contribution in [3.05, 3.63) is 52.9 Å². The summed E-state index contributed by atoms with van der Waals surface area (Å²) in [5.74, 6) is 1.14. The van der Waals surface area contributed by atoms with Crippen molar-refractivity contribution in [1.29, 1.82) is 0 Å². The van der Waals surface area contributed by atoms with Gasteiger partial charge >= 0.3 is 0 Å². The van der Waals surface area contributed by atoms with Crippen LogP contribution in [0.1, 0.15) is 5.56 Å². The molecule has 0 spiro atoms. The number of hydrogen-bond acceptors (Lipinski definition) is 7. The molecule has 1 amide bonds. The Morgan fingerprint density at radius 2 is 2.12 bits per heavy atom. The predicted molar refractivity (Wildman–Crippen MR) is 106 cm³/mol. The second-order valence-corrected chi connectivity index (χ2v) is 7.02. The standard InChI is InChI=1S/C18H17N3O3S2/c1-4-8-21-16(22)15(26-18(21)20-17-19-7-9-25-17)11-12-5-6-13(23-2)14(10-12)24-3/h4-7,9-11H,1,8H2,2-3H3/b15-11-,20-18+. The van der Waals surface area contributed by atoms with E-state index in [0.717, 1.165) is 5.56 Å². The van der Waals surface area contributed by atoms with Crippen molar-refractivity contribution in [2.45, 2.75) is 0 Å². The van der Waals surface area contributed by atoms with Gasteiger partial charge < -0.3 is 9.47 Å². The van der Waals surface area contributed by atoms with Crippen LogP contribution in [0.3, 0.4) is 0 Å². The summed E-state index contributed by atoms with van der Waals surface area (Å²) in [6.07, 6.45) is 5.17. The first-order valence-electron chi connectivity index (χ1n) is 7.68. The third-order valence-corrected chi connectivity index (χ3v) is 5.19. The molecule has 1 aromatic carbocycles. The Morgan fingerprint density at radius 3 is 2.77 bits per heavy atom. The minimum Gasteiger partial charge on any atom is -0.493 e. The highest BCUT2D eigenvalue weighted by atomic mass is 32.2. The minimum atomic E-state index is -0.111. The molecule has 0 atom stereocenters. The van der Waals surface area contributed by atoms with Crippen LogP contribution in [0.5, 0.6) is 11.5 Å². The third kappa shape index (κ3) is 3.81. The number of aromatic nitrogens is 1. The summed E-state index contributed by atoms with van der Waals surface area (Å²) in [6, 6.07) is 5.50. The molecule has 0 bridgehead atoms. The second kappa shape index (κ2) is 8.20. The molecule has 1 aliphatic rings. The average Bonchev–Trinajstić information content (AvgIpc) is 3.26. The number of rotatable bonds is 6. The molecule has 1 aromatic heterocycles. The summed E-state index contributed by atoms with van der Waals surface area (Å²) < 4.78 is 10.6. The highest BCUT2D eigenvalue weighted by Crippen LogP contribution is 2.35. The van der Waals surface area contributed by atoms with Gasteiger partial charge in [-0.1, -0.05) is 12.1 Å². The number of thiazole rings is 1. The molecule has 0 unspecified atom stereocenters. The molecule has 8 heteroatoms. The maximum atomic E-state index is 12.8. The molecule has 1 saturated heterocycles. The maximum Gasteiger partial charge on any atom is 0.267 e. The van der Waals surface area contributed by atoms with Gasteiger partial charge in [0.05, 0.1) is 19.1 Å². The fourth-order valence-electron chi connectivity index (χ4n) is 2.33. The Balaban J connectivity index is 1.94. The van der Waals surface area contributed by atoms with Crippen LogP contribution in [-0.4, -0.2) is 41.7 Å². The van der Waals surface area contributed by atoms with Gasteiger partial charge in [0.15, 0.2) is 16.7 Å². The molecule has 0 radical (unpaired) electrons. The Morgan fingerprint density at radius 1 is 1.31 bits per heavy atom. The number of carbonyl (C=O) groups is 1. The molecule has 134 valence electrons. The first-order chi connectivity index (χ1) is 12.7. The molecule has 2 aromatic rings. The Kier molecular flexibility index (Phi) is 5.75. The van der Waals surface area contributed by atoms with E-state index >= 15 is 0 Å². The molecule has 1 aliphatic heterocycles. The van der Waals surface area contributed by atoms with E-state index < -0.39 is 0 Å². The lowest BCUT2D eigenvalue weighted by atomic mass is 10.2. The molecule has 2 heterocycles. The van der Waals surface area contributed by atoms with Gasteiger partial charge in [0.1, 0.15) is 0 Å². The van der Waals surface area contributed by atoms with Crippen LogP contribution >= 0.6 is 23.1 Å². The molecule has 3 rings (SSSR count). The zero-order chi connectivity index (χ0) is 18.5. The summed E-state index contributed by atoms with van der Waals surface area (Å²) in [7, 11) is 3.16. The lowest BCUT2D eigenvalue weighted by Gasteiger charge is -2.11. The quantitative estimate of drug-likeness (QED) is 0.555. The number of ether oxygens (including phenoxy) is 2. The third-order valence-electron chi connectivity index (χ3n) is 3.52. The molecular formula is C18H17N3O3S2. The van der Waals surface area contributed by atoms with Gasteiger partial charge in [0.25, 0.3) is 5.91 Å². The van der Waals surface area contributed by atoms with E-state index in [-0.39, 0.29) is 5.91 Å². The fourth-order valence-corrected chi connectivity index (χ4v) is 3.88. The normalized spacial score (nSPS) is 17.2. The number of thioether (sulfide) groups is 1. The largest absolute Gasteiger partial charge is 0.493 e. The molecule has 0 aliphatic carbocycles. The van der Waals surface area contributed by atoms with Gasteiger partial charge in [-0.15, -0.1) is 17.9 Å². The van der Waals surface area contributed by atoms with Gasteiger partial charge in [-0.3, -0.25) is 9.69 Å². The van der Waals surface area contributed by atoms with Crippen LogP contribution in [0.15, 0.2) is 52.3 Å². The number of hydrogen-bond donors (Lipinski definition) is 0. The number of aliphatic imine (C=N–C) groups is 1. The summed E-state index contributed by atoms with van der Waals surface area (Å²) in [5, 5.41) is 3.05. The van der Waals surface area contributed by atoms with Crippen molar-refractivity contribution in [3.63, 3.8) is 0 Å². The number of methoxy groups -OCH3 is 2. The highest BCUT2D eigenvalue weighted by Gasteiger charge is 2.32. The lowest BCUT2D eigenvalue weighted by Crippen LogP contribution is -2.29. The van der Waals surface area contributed by atoms with Gasteiger partial charge in [-0.25, -0.2) is 4.98 Å². The molecule has 0 saturated carbocycles. The second-order valence-electron chi connectivity index (χ2n) is 5.14. The van der Waals surface area contributed by atoms with E-state index in [0.29, 0.717) is 33.2 Å². The van der Waals surface area contributed by atoms with Crippen molar-refractivity contribution >= 4 is 45.4 Å². The molecular weight excluding hydrogens is 370 g/mol. The summed E-state index contributed by atoms with van der Waals surface area (Å²) in [5.41, 5.74) is 0.840. The Bertz CT molecular complexity index is 876. The van der Waals surface area contributed by atoms with Crippen LogP contribution in [0.4, 0.5) is 5.13 Å². The minimum absolute atomic E-state index is 0.111. The first kappa shape index (κ1) is 18.2. The number of nitrogens with zero attached hydrogens (tertiary/aromatic N) is 3. The van der Waals surface area contributed by atoms with Crippen LogP contribution in [0.25, 0.3) is 6.08 Å². The number of amidine groups is 1. The van der Waals surface area contributed by atoms with Crippen molar-refractivity contribution in [2.75, 3.05) is 20.8 Å². The van der Waals surface area contributed by atoms with Crippen molar-refractivity contribution < 1.29 is 14.3 Å². The van der Waals surface area contributed by atoms with E-state index in [1.165, 1.54) is 23.1 Å². The molecule has 26 heavy (non-hydrogen) atoms. The molecule has 1 fully saturated rings. The molecule has 0 N–H and O–H groups in total. The average molecular weight is 387 g/mol. The van der Waals surface area contributed by atoms with Crippen LogP contribution < -0.4 is 9.47 Å². The zero-order valence-electron chi connectivity index (χ0n) is 14.3. The van der Waals surface area contributed by atoms with Crippen molar-refractivity contribution in [2.24, 2.45) is 4.99 Å². The first-order valence-corrected chi connectivity index (χ1v) is 9.38. The number of carbonyl (C=O) groups excluding carboxylic acids is 1. The maximum absolute atomic E-state index is 12.8. The van der Waals surface area contributed by atoms with Crippen molar-refractivity contribution in [3.8, 4) is 11.5 Å². The topological polar surface area (TPSA) is 64.0 Å². The summed E-state index contributed by atoms with van der Waals surface area (Å²) in [6.45, 7) is 4.11. The monoisotopic (exact) mass is 387 g/mol. The van der Waals surface area contributed by atoms with E-state index in [1.807, 2.05) is 23.6 Å². The molecule has 6 nitrogen and oxygen atoms in total. The van der Waals surface area contributed by atoms with Crippen LogP contribution in [0, 0.1) is 0 Å². The number of amides is 1. The number of benzene rings is 1. The smallest absolute Gasteiger partial charge is 0.267 e. The zero-order valence-corrected chi connectivity index (χ0v) is 16.0. The van der Waals surface area contributed by atoms with Crippen LogP contribution in [-0.2, 0) is 4.79 Å². The fraction of sp³-hybridized carbons (Fsp3) is 0.167. The SMILES string of the molecule is C=CCN1C(=O)/C(=C/c2ccc(OC)c(OC)c2)S/C1=N/c1nccs1.